The molecule has 0 radical (unpaired) electrons. The largest absolute Gasteiger partial charge is 0.366 e. The molecule has 0 aliphatic heterocycles. The number of hydrogen-bond donors (Lipinski definition) is 2. The Hall–Kier alpha value is -1.65. The molecule has 0 spiro atoms. The second-order valence-corrected chi connectivity index (χ2v) is 5.94. The standard InChI is InChI=1S/C14H20N4O/c1-8(11-7-9-2-3-10(11)6-9)16-13-5-4-12(14(15)19)17-18-13/h4-5,8-11H,2-3,6-7H2,1H3,(H2,15,19)(H,16,18). The summed E-state index contributed by atoms with van der Waals surface area (Å²) < 4.78 is 0. The van der Waals surface area contributed by atoms with Crippen molar-refractivity contribution in [3.63, 3.8) is 0 Å². The third-order valence-corrected chi connectivity index (χ3v) is 4.73. The van der Waals surface area contributed by atoms with Gasteiger partial charge in [0.25, 0.3) is 5.91 Å². The summed E-state index contributed by atoms with van der Waals surface area (Å²) in [6.07, 6.45) is 5.54. The van der Waals surface area contributed by atoms with E-state index in [1.165, 1.54) is 25.7 Å². The van der Waals surface area contributed by atoms with Crippen molar-refractivity contribution in [2.45, 2.75) is 38.6 Å². The van der Waals surface area contributed by atoms with E-state index in [0.29, 0.717) is 6.04 Å². The van der Waals surface area contributed by atoms with Crippen molar-refractivity contribution < 1.29 is 4.79 Å². The molecule has 3 rings (SSSR count). The third-order valence-electron chi connectivity index (χ3n) is 4.73. The molecule has 1 heterocycles. The molecule has 4 atom stereocenters. The van der Waals surface area contributed by atoms with Crippen LogP contribution in [0.2, 0.25) is 0 Å². The van der Waals surface area contributed by atoms with Crippen molar-refractivity contribution in [3.05, 3.63) is 17.8 Å². The summed E-state index contributed by atoms with van der Waals surface area (Å²) >= 11 is 0. The molecule has 5 heteroatoms. The van der Waals surface area contributed by atoms with Gasteiger partial charge in [0.2, 0.25) is 0 Å². The van der Waals surface area contributed by atoms with Crippen LogP contribution in [0.4, 0.5) is 5.82 Å². The molecule has 2 fully saturated rings. The number of anilines is 1. The number of nitrogens with zero attached hydrogens (tertiary/aromatic N) is 2. The van der Waals surface area contributed by atoms with Crippen LogP contribution in [0, 0.1) is 17.8 Å². The lowest BCUT2D eigenvalue weighted by Crippen LogP contribution is -2.30. The highest BCUT2D eigenvalue weighted by Gasteiger charge is 2.41. The van der Waals surface area contributed by atoms with Gasteiger partial charge in [-0.15, -0.1) is 10.2 Å². The Morgan fingerprint density at radius 2 is 2.21 bits per heavy atom. The van der Waals surface area contributed by atoms with Gasteiger partial charge in [-0.25, -0.2) is 0 Å². The summed E-state index contributed by atoms with van der Waals surface area (Å²) in [7, 11) is 0. The molecule has 5 nitrogen and oxygen atoms in total. The maximum Gasteiger partial charge on any atom is 0.269 e. The van der Waals surface area contributed by atoms with E-state index in [0.717, 1.165) is 23.6 Å². The monoisotopic (exact) mass is 260 g/mol. The highest BCUT2D eigenvalue weighted by molar-refractivity contribution is 5.90. The van der Waals surface area contributed by atoms with Gasteiger partial charge >= 0.3 is 0 Å². The van der Waals surface area contributed by atoms with Gasteiger partial charge in [0.1, 0.15) is 5.82 Å². The van der Waals surface area contributed by atoms with Gasteiger partial charge < -0.3 is 11.1 Å². The van der Waals surface area contributed by atoms with Crippen molar-refractivity contribution >= 4 is 11.7 Å². The number of nitrogens with two attached hydrogens (primary N) is 1. The van der Waals surface area contributed by atoms with Gasteiger partial charge in [-0.05, 0) is 56.1 Å². The van der Waals surface area contributed by atoms with Crippen molar-refractivity contribution in [1.82, 2.24) is 10.2 Å². The minimum Gasteiger partial charge on any atom is -0.366 e. The molecule has 1 aromatic rings. The first-order valence-electron chi connectivity index (χ1n) is 7.03. The number of carbonyl (C=O) groups is 1. The Labute approximate surface area is 113 Å². The average Bonchev–Trinajstić information content (AvgIpc) is 3.01. The molecule has 0 aromatic carbocycles. The Morgan fingerprint density at radius 1 is 1.37 bits per heavy atom. The molecule has 1 amide bonds. The van der Waals surface area contributed by atoms with Gasteiger partial charge in [0.15, 0.2) is 5.69 Å². The first-order chi connectivity index (χ1) is 9.13. The fourth-order valence-electron chi connectivity index (χ4n) is 3.79. The maximum absolute atomic E-state index is 10.9. The molecule has 3 N–H and O–H groups in total. The summed E-state index contributed by atoms with van der Waals surface area (Å²) in [5.41, 5.74) is 5.35. The molecule has 0 saturated heterocycles. The second kappa shape index (κ2) is 4.79. The van der Waals surface area contributed by atoms with E-state index in [2.05, 4.69) is 22.4 Å². The van der Waals surface area contributed by atoms with Gasteiger partial charge in [-0.3, -0.25) is 4.79 Å². The lowest BCUT2D eigenvalue weighted by atomic mass is 9.84. The van der Waals surface area contributed by atoms with E-state index in [9.17, 15) is 4.79 Å². The summed E-state index contributed by atoms with van der Waals surface area (Å²) in [6.45, 7) is 2.22. The van der Waals surface area contributed by atoms with Crippen LogP contribution in [-0.2, 0) is 0 Å². The van der Waals surface area contributed by atoms with Crippen LogP contribution in [0.25, 0.3) is 0 Å². The van der Waals surface area contributed by atoms with E-state index in [1.807, 2.05) is 0 Å². The molecular weight excluding hydrogens is 240 g/mol. The number of hydrogen-bond acceptors (Lipinski definition) is 4. The fraction of sp³-hybridized carbons (Fsp3) is 0.643. The van der Waals surface area contributed by atoms with E-state index in [-0.39, 0.29) is 5.69 Å². The average molecular weight is 260 g/mol. The zero-order valence-electron chi connectivity index (χ0n) is 11.2. The van der Waals surface area contributed by atoms with Gasteiger partial charge in [0.05, 0.1) is 0 Å². The SMILES string of the molecule is CC(Nc1ccc(C(N)=O)nn1)C1CC2CCC1C2. The second-order valence-electron chi connectivity index (χ2n) is 5.94. The highest BCUT2D eigenvalue weighted by atomic mass is 16.1. The quantitative estimate of drug-likeness (QED) is 0.865. The smallest absolute Gasteiger partial charge is 0.269 e. The highest BCUT2D eigenvalue weighted by Crippen LogP contribution is 2.49. The van der Waals surface area contributed by atoms with Crippen LogP contribution in [-0.4, -0.2) is 22.1 Å². The summed E-state index contributed by atoms with van der Waals surface area (Å²) in [5.74, 6) is 2.75. The predicted octanol–water partition coefficient (Wildman–Crippen LogP) is 1.81. The summed E-state index contributed by atoms with van der Waals surface area (Å²) in [6, 6.07) is 3.80. The molecule has 2 aliphatic carbocycles. The van der Waals surface area contributed by atoms with Crippen molar-refractivity contribution in [2.75, 3.05) is 5.32 Å². The van der Waals surface area contributed by atoms with E-state index in [1.54, 1.807) is 12.1 Å². The van der Waals surface area contributed by atoms with Crippen molar-refractivity contribution in [1.29, 1.82) is 0 Å². The molecule has 19 heavy (non-hydrogen) atoms. The minimum absolute atomic E-state index is 0.207. The lowest BCUT2D eigenvalue weighted by molar-refractivity contribution is 0.0994. The third kappa shape index (κ3) is 2.41. The Balaban J connectivity index is 1.63. The van der Waals surface area contributed by atoms with Crippen molar-refractivity contribution in [3.8, 4) is 0 Å². The zero-order chi connectivity index (χ0) is 13.4. The molecule has 2 saturated carbocycles. The fourth-order valence-corrected chi connectivity index (χ4v) is 3.79. The number of amides is 1. The summed E-state index contributed by atoms with van der Waals surface area (Å²) in [4.78, 5) is 10.9. The Morgan fingerprint density at radius 3 is 2.74 bits per heavy atom. The van der Waals surface area contributed by atoms with E-state index in [4.69, 9.17) is 5.73 Å². The van der Waals surface area contributed by atoms with Gasteiger partial charge in [-0.1, -0.05) is 6.42 Å². The molecule has 102 valence electrons. The number of rotatable bonds is 4. The van der Waals surface area contributed by atoms with Crippen LogP contribution in [0.5, 0.6) is 0 Å². The molecule has 2 bridgehead atoms. The molecule has 2 aliphatic rings. The topological polar surface area (TPSA) is 80.9 Å². The van der Waals surface area contributed by atoms with Crippen LogP contribution in [0.15, 0.2) is 12.1 Å². The summed E-state index contributed by atoms with van der Waals surface area (Å²) in [5, 5.41) is 11.2. The van der Waals surface area contributed by atoms with Crippen LogP contribution >= 0.6 is 0 Å². The minimum atomic E-state index is -0.541. The van der Waals surface area contributed by atoms with E-state index < -0.39 is 5.91 Å². The predicted molar refractivity (Wildman–Crippen MR) is 72.6 cm³/mol. The van der Waals surface area contributed by atoms with Crippen LogP contribution in [0.1, 0.15) is 43.1 Å². The van der Waals surface area contributed by atoms with Crippen LogP contribution in [0.3, 0.4) is 0 Å². The van der Waals surface area contributed by atoms with Crippen molar-refractivity contribution in [2.24, 2.45) is 23.5 Å². The van der Waals surface area contributed by atoms with E-state index >= 15 is 0 Å². The lowest BCUT2D eigenvalue weighted by Gasteiger charge is -2.28. The Bertz CT molecular complexity index is 473. The number of nitrogens with one attached hydrogen (secondary N) is 1. The Kier molecular flexibility index (Phi) is 3.12. The molecule has 4 unspecified atom stereocenters. The normalized spacial score (nSPS) is 30.3. The van der Waals surface area contributed by atoms with Gasteiger partial charge in [0, 0.05) is 6.04 Å². The maximum atomic E-state index is 10.9. The zero-order valence-corrected chi connectivity index (χ0v) is 11.2. The van der Waals surface area contributed by atoms with Crippen LogP contribution < -0.4 is 11.1 Å². The number of carbonyl (C=O) groups excluding carboxylic acids is 1. The number of fused-ring (bicyclic) bond motifs is 2. The molecular formula is C14H20N4O. The first kappa shape index (κ1) is 12.4. The van der Waals surface area contributed by atoms with Gasteiger partial charge in [-0.2, -0.15) is 0 Å². The number of aromatic nitrogens is 2. The first-order valence-corrected chi connectivity index (χ1v) is 7.03. The number of primary amides is 1. The molecule has 1 aromatic heterocycles.